The Morgan fingerprint density at radius 3 is 1.82 bits per heavy atom. The summed E-state index contributed by atoms with van der Waals surface area (Å²) in [5.74, 6) is -5.47. The molecule has 0 radical (unpaired) electrons. The number of aliphatic carboxylic acids is 4. The minimum atomic E-state index is -2.05. The second-order valence-electron chi connectivity index (χ2n) is 23.4. The predicted molar refractivity (Wildman–Crippen MR) is 227 cm³/mol. The third kappa shape index (κ3) is 8.76. The number of carbonyl (C=O) groups is 5. The minimum Gasteiger partial charge on any atom is -0.544 e. The summed E-state index contributed by atoms with van der Waals surface area (Å²) in [4.78, 5) is 61.2. The maximum Gasteiger partial charge on any atom is 0.335 e. The summed E-state index contributed by atoms with van der Waals surface area (Å²) < 4.78 is 23.8. The van der Waals surface area contributed by atoms with Crippen molar-refractivity contribution in [3.63, 3.8) is 0 Å². The summed E-state index contributed by atoms with van der Waals surface area (Å²) in [6, 6.07) is 0. The fourth-order valence-corrected chi connectivity index (χ4v) is 13.8. The van der Waals surface area contributed by atoms with Crippen LogP contribution in [0.15, 0.2) is 11.6 Å². The highest BCUT2D eigenvalue weighted by atomic mass is 16.8. The van der Waals surface area contributed by atoms with Crippen molar-refractivity contribution in [1.82, 2.24) is 0 Å². The van der Waals surface area contributed by atoms with Crippen molar-refractivity contribution >= 4 is 29.7 Å². The van der Waals surface area contributed by atoms with E-state index in [0.29, 0.717) is 30.2 Å². The van der Waals surface area contributed by atoms with Gasteiger partial charge in [-0.3, -0.25) is 9.59 Å². The van der Waals surface area contributed by atoms with Gasteiger partial charge in [-0.2, -0.15) is 0 Å². The molecule has 2 heterocycles. The van der Waals surface area contributed by atoms with Crippen LogP contribution in [0.4, 0.5) is 0 Å². The molecule has 66 heavy (non-hydrogen) atoms. The quantitative estimate of drug-likeness (QED) is 0.116. The monoisotopic (exact) mass is 939 g/mol. The zero-order valence-electron chi connectivity index (χ0n) is 39.8. The average Bonchev–Trinajstić information content (AvgIpc) is 3.18. The van der Waals surface area contributed by atoms with Gasteiger partial charge in [0.2, 0.25) is 0 Å². The van der Waals surface area contributed by atoms with E-state index in [4.69, 9.17) is 18.9 Å². The molecule has 19 heteroatoms. The molecule has 374 valence electrons. The lowest BCUT2D eigenvalue weighted by Gasteiger charge is -2.70. The Morgan fingerprint density at radius 2 is 1.29 bits per heavy atom. The van der Waals surface area contributed by atoms with Gasteiger partial charge in [-0.1, -0.05) is 47.1 Å². The fourth-order valence-electron chi connectivity index (χ4n) is 13.8. The first-order valence-corrected chi connectivity index (χ1v) is 23.2. The number of nitrogens with zero attached hydrogens (tertiary/aromatic N) is 1. The molecule has 2 aliphatic heterocycles. The summed E-state index contributed by atoms with van der Waals surface area (Å²) in [7, 11) is 5.40. The van der Waals surface area contributed by atoms with Crippen molar-refractivity contribution in [3.05, 3.63) is 11.6 Å². The Balaban J connectivity index is 0.000000824. The van der Waals surface area contributed by atoms with Gasteiger partial charge < -0.3 is 74.2 Å². The Hall–Kier alpha value is -3.11. The number of hydrogen-bond donors (Lipinski definition) is 8. The van der Waals surface area contributed by atoms with Gasteiger partial charge in [-0.25, -0.2) is 9.59 Å². The number of ketones is 1. The first-order chi connectivity index (χ1) is 30.2. The molecule has 0 spiro atoms. The average molecular weight is 940 g/mol. The van der Waals surface area contributed by atoms with Crippen LogP contribution >= 0.6 is 0 Å². The van der Waals surface area contributed by atoms with Crippen molar-refractivity contribution in [2.75, 3.05) is 27.7 Å². The van der Waals surface area contributed by atoms with E-state index in [-0.39, 0.29) is 40.9 Å². The SMILES string of the molecule is CC1(C)[C@@H](O[C@H]2O[C@H](C(=O)O)[C@@H](O)[C@H](O)[C@H]2O[C@@H]2O[C@H](C(=O)O)[C@@H](O)[C@H](O)[C@H]2O)CC[C@]2(C)[C@H]3C(=O)C=C4[C@@H]5C[C@@](C)(C(=O)O)CC[C@]5(C)CC[C@@]4(C)[C@]3(C)CC[C@@H]12.C[N+](C)(C)CC(=O)[O-]. The van der Waals surface area contributed by atoms with Gasteiger partial charge in [0, 0.05) is 5.92 Å². The second-order valence-corrected chi connectivity index (χ2v) is 23.4. The third-order valence-electron chi connectivity index (χ3n) is 17.8. The van der Waals surface area contributed by atoms with Gasteiger partial charge in [0.1, 0.15) is 43.2 Å². The van der Waals surface area contributed by atoms with Gasteiger partial charge in [-0.15, -0.1) is 0 Å². The zero-order chi connectivity index (χ0) is 49.7. The first kappa shape index (κ1) is 52.3. The smallest absolute Gasteiger partial charge is 0.335 e. The summed E-state index contributed by atoms with van der Waals surface area (Å²) in [5, 5.41) is 92.9. The molecule has 0 unspecified atom stereocenters. The van der Waals surface area contributed by atoms with Crippen LogP contribution in [0.1, 0.15) is 106 Å². The molecule has 0 aromatic heterocycles. The fraction of sp³-hybridized carbons (Fsp3) is 0.851. The second kappa shape index (κ2) is 17.7. The van der Waals surface area contributed by atoms with Crippen LogP contribution in [0, 0.1) is 50.2 Å². The predicted octanol–water partition coefficient (Wildman–Crippen LogP) is 0.688. The molecule has 19 nitrogen and oxygen atoms in total. The van der Waals surface area contributed by atoms with E-state index < -0.39 is 113 Å². The Kier molecular flexibility index (Phi) is 14.0. The number of allylic oxidation sites excluding steroid dienone is 2. The molecular weight excluding hydrogens is 867 g/mol. The van der Waals surface area contributed by atoms with Gasteiger partial charge in [-0.05, 0) is 110 Å². The number of carboxylic acids is 4. The number of likely N-dealkylation sites (N-methyl/N-ethyl adjacent to an activating group) is 1. The van der Waals surface area contributed by atoms with E-state index in [9.17, 15) is 69.9 Å². The normalized spacial score (nSPS) is 47.6. The van der Waals surface area contributed by atoms with E-state index in [0.717, 1.165) is 37.7 Å². The molecule has 6 fully saturated rings. The summed E-state index contributed by atoms with van der Waals surface area (Å²) in [6.07, 6.45) is -12.2. The first-order valence-electron chi connectivity index (χ1n) is 23.2. The van der Waals surface area contributed by atoms with Crippen LogP contribution in [-0.4, -0.2) is 170 Å². The number of ether oxygens (including phenoxy) is 4. The Labute approximate surface area is 385 Å². The lowest BCUT2D eigenvalue weighted by molar-refractivity contribution is -0.864. The highest BCUT2D eigenvalue weighted by Crippen LogP contribution is 2.75. The minimum absolute atomic E-state index is 0.0217. The van der Waals surface area contributed by atoms with Crippen molar-refractivity contribution in [3.8, 4) is 0 Å². The number of quaternary nitrogens is 1. The van der Waals surface area contributed by atoms with Crippen molar-refractivity contribution < 1.29 is 93.4 Å². The Morgan fingerprint density at radius 1 is 0.727 bits per heavy atom. The van der Waals surface area contributed by atoms with Gasteiger partial charge >= 0.3 is 17.9 Å². The molecule has 0 aromatic rings. The van der Waals surface area contributed by atoms with Crippen LogP contribution in [-0.2, 0) is 42.9 Å². The third-order valence-corrected chi connectivity index (χ3v) is 17.8. The van der Waals surface area contributed by atoms with Crippen LogP contribution in [0.5, 0.6) is 0 Å². The molecule has 8 N–H and O–H groups in total. The molecule has 5 aliphatic carbocycles. The highest BCUT2D eigenvalue weighted by molar-refractivity contribution is 5.95. The molecule has 4 saturated carbocycles. The molecule has 2 saturated heterocycles. The number of fused-ring (bicyclic) bond motifs is 7. The van der Waals surface area contributed by atoms with Crippen LogP contribution in [0.3, 0.4) is 0 Å². The number of carboxylic acid groups (broad SMARTS) is 4. The van der Waals surface area contributed by atoms with E-state index in [1.165, 1.54) is 0 Å². The lowest BCUT2D eigenvalue weighted by Crippen LogP contribution is -2.68. The highest BCUT2D eigenvalue weighted by Gasteiger charge is 2.71. The van der Waals surface area contributed by atoms with Gasteiger partial charge in [0.05, 0.1) is 38.6 Å². The molecule has 7 rings (SSSR count). The van der Waals surface area contributed by atoms with Gasteiger partial charge in [0.15, 0.2) is 30.6 Å². The van der Waals surface area contributed by atoms with Crippen molar-refractivity contribution in [2.24, 2.45) is 50.2 Å². The number of carbonyl (C=O) groups excluding carboxylic acids is 2. The maximum atomic E-state index is 14.8. The lowest BCUT2D eigenvalue weighted by atomic mass is 9.33. The molecule has 0 amide bonds. The van der Waals surface area contributed by atoms with Crippen molar-refractivity contribution in [2.45, 2.75) is 174 Å². The summed E-state index contributed by atoms with van der Waals surface area (Å²) >= 11 is 0. The molecule has 19 atom stereocenters. The number of hydrogen-bond acceptors (Lipinski definition) is 15. The van der Waals surface area contributed by atoms with Crippen LogP contribution in [0.2, 0.25) is 0 Å². The van der Waals surface area contributed by atoms with Crippen LogP contribution in [0.25, 0.3) is 0 Å². The maximum absolute atomic E-state index is 14.8. The van der Waals surface area contributed by atoms with Crippen LogP contribution < -0.4 is 5.11 Å². The number of rotatable bonds is 9. The van der Waals surface area contributed by atoms with E-state index in [1.807, 2.05) is 26.8 Å². The Bertz CT molecular complexity index is 1950. The topological polar surface area (TPSA) is 307 Å². The summed E-state index contributed by atoms with van der Waals surface area (Å²) in [5.41, 5.74) is -1.81. The van der Waals surface area contributed by atoms with Gasteiger partial charge in [0.25, 0.3) is 0 Å². The molecule has 0 aromatic carbocycles. The summed E-state index contributed by atoms with van der Waals surface area (Å²) in [6.45, 7) is 14.9. The largest absolute Gasteiger partial charge is 0.544 e. The number of aliphatic hydroxyl groups excluding tert-OH is 5. The molecule has 0 bridgehead atoms. The van der Waals surface area contributed by atoms with E-state index in [1.54, 1.807) is 21.1 Å². The molecule has 7 aliphatic rings. The standard InChI is InChI=1S/C42H62O16.C5H11NO2/c1-37(2)21-8-11-42(7)31(20(43)16-18-19-17-39(4,36(53)54)13-12-38(19,3)14-15-41(18,42)6)40(21,5)10-9-22(37)55-35-30(26(47)25(46)29(57-35)33(51)52)58-34-27(48)23(44)24(45)28(56-34)32(49)50;1-6(2,3)4-5(7)8/h16,19,21-31,34-35,44-48H,8-15,17H2,1-7H3,(H,49,50)(H,51,52)(H,53,54);4H2,1-3H3/t19-,21-,22-,23-,24-,25-,26-,27+,28-,29-,30+,31+,34-,35-,38+,39-,40-,41+,42+;/m0./s1. The zero-order valence-corrected chi connectivity index (χ0v) is 39.8. The van der Waals surface area contributed by atoms with E-state index in [2.05, 4.69) is 27.7 Å². The molecular formula is C47H73NO18. The number of aliphatic hydroxyl groups is 5. The van der Waals surface area contributed by atoms with Crippen molar-refractivity contribution in [1.29, 1.82) is 0 Å². The van der Waals surface area contributed by atoms with E-state index >= 15 is 0 Å².